The summed E-state index contributed by atoms with van der Waals surface area (Å²) in [5.74, 6) is -11.8. The lowest BCUT2D eigenvalue weighted by Gasteiger charge is -2.29. The Morgan fingerprint density at radius 3 is 1.59 bits per heavy atom. The topological polar surface area (TPSA) is 430 Å². The second kappa shape index (κ2) is 30.1. The quantitative estimate of drug-likeness (QED) is 0.0185. The van der Waals surface area contributed by atoms with Gasteiger partial charge in [0.1, 0.15) is 42.3 Å². The zero-order valence-corrected chi connectivity index (χ0v) is 41.5. The normalized spacial score (nSPS) is 16.4. The molecule has 1 aliphatic heterocycles. The van der Waals surface area contributed by atoms with Crippen LogP contribution in [0.1, 0.15) is 113 Å². The lowest BCUT2D eigenvalue weighted by Crippen LogP contribution is -2.60. The number of nitrogens with zero attached hydrogens (tertiary/aromatic N) is 1. The van der Waals surface area contributed by atoms with Crippen molar-refractivity contribution < 1.29 is 63.0 Å². The maximum Gasteiger partial charge on any atom is 0.326 e. The third-order valence-corrected chi connectivity index (χ3v) is 11.1. The van der Waals surface area contributed by atoms with E-state index in [0.29, 0.717) is 19.4 Å². The molecule has 26 heteroatoms. The molecule has 0 saturated carbocycles. The third-order valence-electron chi connectivity index (χ3n) is 11.1. The van der Waals surface area contributed by atoms with Gasteiger partial charge in [-0.15, -0.1) is 0 Å². The molecule has 1 fully saturated rings. The van der Waals surface area contributed by atoms with Crippen LogP contribution in [-0.2, 0) is 52.7 Å². The number of nitrogens with one attached hydrogen (secondary N) is 9. The predicted octanol–water partition coefficient (Wildman–Crippen LogP) is -3.18. The fraction of sp³-hybridized carbons (Fsp3) is 0.727. The monoisotopic (exact) mass is 996 g/mol. The van der Waals surface area contributed by atoms with Crippen LogP contribution in [0.3, 0.4) is 0 Å². The van der Waals surface area contributed by atoms with Crippen LogP contribution in [0.2, 0.25) is 0 Å². The summed E-state index contributed by atoms with van der Waals surface area (Å²) in [5, 5.41) is 46.1. The first-order valence-electron chi connectivity index (χ1n) is 23.5. The molecule has 0 aliphatic carbocycles. The number of aliphatic carboxylic acids is 2. The van der Waals surface area contributed by atoms with E-state index in [1.165, 1.54) is 4.90 Å². The molecular weight excluding hydrogens is 919 g/mol. The summed E-state index contributed by atoms with van der Waals surface area (Å²) >= 11 is 0. The van der Waals surface area contributed by atoms with Crippen LogP contribution in [-0.4, -0.2) is 154 Å². The Labute approximate surface area is 408 Å². The molecule has 1 saturated heterocycles. The van der Waals surface area contributed by atoms with Gasteiger partial charge in [-0.2, -0.15) is 0 Å². The molecule has 0 radical (unpaired) electrons. The average Bonchev–Trinajstić information content (AvgIpc) is 3.75. The second-order valence-electron chi connectivity index (χ2n) is 19.0. The number of carboxylic acid groups (broad SMARTS) is 2. The van der Waals surface area contributed by atoms with E-state index in [2.05, 4.69) is 37.2 Å². The van der Waals surface area contributed by atoms with Gasteiger partial charge < -0.3 is 74.8 Å². The Kier molecular flexibility index (Phi) is 26.4. The van der Waals surface area contributed by atoms with E-state index in [-0.39, 0.29) is 61.8 Å². The van der Waals surface area contributed by atoms with Gasteiger partial charge in [0.25, 0.3) is 0 Å². The Morgan fingerprint density at radius 2 is 1.13 bits per heavy atom. The van der Waals surface area contributed by atoms with Crippen molar-refractivity contribution in [3.63, 3.8) is 0 Å². The molecule has 70 heavy (non-hydrogen) atoms. The van der Waals surface area contributed by atoms with Crippen LogP contribution >= 0.6 is 0 Å². The molecule has 0 aromatic heterocycles. The van der Waals surface area contributed by atoms with Gasteiger partial charge in [0, 0.05) is 19.5 Å². The van der Waals surface area contributed by atoms with Crippen molar-refractivity contribution in [1.29, 1.82) is 5.41 Å². The molecule has 17 N–H and O–H groups in total. The minimum Gasteiger partial charge on any atom is -0.481 e. The summed E-state index contributed by atoms with van der Waals surface area (Å²) in [6.07, 6.45) is -0.778. The minimum absolute atomic E-state index is 0.0135. The first-order chi connectivity index (χ1) is 32.5. The third kappa shape index (κ3) is 22.2. The fourth-order valence-corrected chi connectivity index (χ4v) is 7.31. The SMILES string of the molecule is CC(C)C[C@H](NC(=O)[C@H](CC(C)C)NC(=O)[C@H](CCCNC(=N)N)NC(=O)[C@@H](NC(=O)CNC(=O)[C@@H]1CCCN1C(=O)[C@@H](N)C(C)C)C(C)C)C(=O)N[C@@H](CCC(N)=O)C(=O)N[C@@H](CC(=O)O)C(=O)O. The van der Waals surface area contributed by atoms with Crippen molar-refractivity contribution >= 4 is 71.1 Å². The number of carbonyl (C=O) groups excluding carboxylic acids is 9. The van der Waals surface area contributed by atoms with Crippen molar-refractivity contribution in [1.82, 2.24) is 47.4 Å². The number of hydrogen-bond donors (Lipinski definition) is 14. The number of likely N-dealkylation sites (tertiary alicyclic amines) is 1. The van der Waals surface area contributed by atoms with E-state index in [4.69, 9.17) is 27.7 Å². The van der Waals surface area contributed by atoms with Crippen molar-refractivity contribution in [3.8, 4) is 0 Å². The van der Waals surface area contributed by atoms with Crippen LogP contribution in [0.25, 0.3) is 0 Å². The highest BCUT2D eigenvalue weighted by atomic mass is 16.4. The van der Waals surface area contributed by atoms with E-state index in [0.717, 1.165) is 0 Å². The molecule has 0 spiro atoms. The first kappa shape index (κ1) is 61.4. The summed E-state index contributed by atoms with van der Waals surface area (Å²) in [6, 6.07) is -10.4. The lowest BCUT2D eigenvalue weighted by atomic mass is 9.98. The highest BCUT2D eigenvalue weighted by Crippen LogP contribution is 2.20. The molecule has 0 aromatic rings. The van der Waals surface area contributed by atoms with Gasteiger partial charge in [-0.25, -0.2) is 4.79 Å². The van der Waals surface area contributed by atoms with E-state index in [9.17, 15) is 57.8 Å². The van der Waals surface area contributed by atoms with Crippen LogP contribution in [0.5, 0.6) is 0 Å². The van der Waals surface area contributed by atoms with E-state index in [1.807, 2.05) is 5.32 Å². The predicted molar refractivity (Wildman–Crippen MR) is 253 cm³/mol. The van der Waals surface area contributed by atoms with Crippen molar-refractivity contribution in [2.45, 2.75) is 162 Å². The maximum atomic E-state index is 14.1. The highest BCUT2D eigenvalue weighted by Gasteiger charge is 2.38. The molecule has 0 aromatic carbocycles. The molecular formula is C44H77N13O13. The van der Waals surface area contributed by atoms with Gasteiger partial charge in [0.05, 0.1) is 19.0 Å². The van der Waals surface area contributed by atoms with Gasteiger partial charge in [-0.3, -0.25) is 53.4 Å². The molecule has 8 atom stereocenters. The van der Waals surface area contributed by atoms with Crippen molar-refractivity contribution in [3.05, 3.63) is 0 Å². The summed E-state index contributed by atoms with van der Waals surface area (Å²) in [5.41, 5.74) is 16.7. The Morgan fingerprint density at radius 1 is 0.643 bits per heavy atom. The summed E-state index contributed by atoms with van der Waals surface area (Å²) < 4.78 is 0. The Hall–Kier alpha value is -6.60. The van der Waals surface area contributed by atoms with Crippen LogP contribution in [0, 0.1) is 29.1 Å². The number of guanidine groups is 1. The summed E-state index contributed by atoms with van der Waals surface area (Å²) in [7, 11) is 0. The zero-order chi connectivity index (χ0) is 53.6. The van der Waals surface area contributed by atoms with Crippen molar-refractivity contribution in [2.24, 2.45) is 40.9 Å². The number of carbonyl (C=O) groups is 11. The van der Waals surface area contributed by atoms with Gasteiger partial charge in [-0.05, 0) is 68.6 Å². The smallest absolute Gasteiger partial charge is 0.326 e. The average molecular weight is 996 g/mol. The van der Waals surface area contributed by atoms with Crippen LogP contribution in [0.4, 0.5) is 0 Å². The number of amides is 9. The lowest BCUT2D eigenvalue weighted by molar-refractivity contribution is -0.147. The number of hydrogen-bond acceptors (Lipinski definition) is 13. The summed E-state index contributed by atoms with van der Waals surface area (Å²) in [4.78, 5) is 144. The molecule has 1 rings (SSSR count). The maximum absolute atomic E-state index is 14.1. The number of rotatable bonds is 31. The Bertz CT molecular complexity index is 1880. The Balaban J connectivity index is 3.34. The van der Waals surface area contributed by atoms with E-state index >= 15 is 0 Å². The molecule has 0 unspecified atom stereocenters. The molecule has 9 amide bonds. The first-order valence-corrected chi connectivity index (χ1v) is 23.5. The van der Waals surface area contributed by atoms with Gasteiger partial charge in [0.2, 0.25) is 53.2 Å². The number of nitrogens with two attached hydrogens (primary N) is 3. The molecule has 26 nitrogen and oxygen atoms in total. The molecule has 1 heterocycles. The van der Waals surface area contributed by atoms with Gasteiger partial charge in [-0.1, -0.05) is 55.4 Å². The highest BCUT2D eigenvalue weighted by molar-refractivity contribution is 5.98. The van der Waals surface area contributed by atoms with Crippen LogP contribution in [0.15, 0.2) is 0 Å². The minimum atomic E-state index is -1.89. The number of carboxylic acids is 2. The van der Waals surface area contributed by atoms with Gasteiger partial charge in [0.15, 0.2) is 5.96 Å². The van der Waals surface area contributed by atoms with Crippen LogP contribution < -0.4 is 59.7 Å². The van der Waals surface area contributed by atoms with Crippen molar-refractivity contribution in [2.75, 3.05) is 19.6 Å². The van der Waals surface area contributed by atoms with E-state index < -0.39 is 139 Å². The summed E-state index contributed by atoms with van der Waals surface area (Å²) in [6.45, 7) is 13.8. The molecule has 1 aliphatic rings. The number of primary amides is 1. The zero-order valence-electron chi connectivity index (χ0n) is 41.5. The largest absolute Gasteiger partial charge is 0.481 e. The fourth-order valence-electron chi connectivity index (χ4n) is 7.31. The molecule has 396 valence electrons. The van der Waals surface area contributed by atoms with E-state index in [1.54, 1.807) is 55.4 Å². The molecule has 0 bridgehead atoms. The second-order valence-corrected chi connectivity index (χ2v) is 19.0. The standard InChI is InChI=1S/C44H77N13O13/c1-21(2)17-27(38(64)51-26(13-14-31(45)58)37(63)55-29(43(69)70)19-33(60)61)54-39(65)28(18-22(3)4)53-36(62)25(11-9-15-49-44(47)48)52-41(67)35(24(7)8)56-32(59)20-50-40(66)30-12-10-16-57(30)42(68)34(46)23(5)6/h21-30,34-35H,9-20,46H2,1-8H3,(H2,45,58)(H,50,66)(H,51,64)(H,52,67)(H,53,62)(H,54,65)(H,55,63)(H,56,59)(H,60,61)(H,69,70)(H4,47,48,49)/t25-,26-,27-,28-,29-,30-,34-,35-/m0/s1. The van der Waals surface area contributed by atoms with Gasteiger partial charge >= 0.3 is 11.9 Å².